The molecule has 0 aliphatic heterocycles. The van der Waals surface area contributed by atoms with Gasteiger partial charge in [0.25, 0.3) is 11.5 Å². The Labute approximate surface area is 243 Å². The highest BCUT2D eigenvalue weighted by Crippen LogP contribution is 2.28. The molecule has 0 aliphatic rings. The van der Waals surface area contributed by atoms with Crippen LogP contribution in [0.25, 0.3) is 16.6 Å². The van der Waals surface area contributed by atoms with Crippen molar-refractivity contribution in [3.05, 3.63) is 140 Å². The molecule has 1 heterocycles. The topological polar surface area (TPSA) is 55.2 Å². The molecule has 1 amide bonds. The molecule has 4 aromatic carbocycles. The van der Waals surface area contributed by atoms with Gasteiger partial charge in [0.1, 0.15) is 5.82 Å². The van der Waals surface area contributed by atoms with Crippen molar-refractivity contribution >= 4 is 32.7 Å². The van der Waals surface area contributed by atoms with Crippen molar-refractivity contribution in [3.8, 4) is 5.69 Å². The van der Waals surface area contributed by atoms with Gasteiger partial charge in [0, 0.05) is 16.6 Å². The Hall–Kier alpha value is -4.03. The first-order chi connectivity index (χ1) is 19.5. The molecule has 0 spiro atoms. The van der Waals surface area contributed by atoms with E-state index in [1.165, 1.54) is 5.56 Å². The van der Waals surface area contributed by atoms with E-state index in [2.05, 4.69) is 35.0 Å². The number of aryl methyl sites for hydroxylation is 1. The van der Waals surface area contributed by atoms with E-state index in [4.69, 9.17) is 4.98 Å². The molecule has 0 N–H and O–H groups in total. The van der Waals surface area contributed by atoms with Crippen molar-refractivity contribution in [3.63, 3.8) is 0 Å². The summed E-state index contributed by atoms with van der Waals surface area (Å²) in [6.07, 6.45) is 2.18. The largest absolute Gasteiger partial charge is 0.328 e. The Morgan fingerprint density at radius 3 is 2.20 bits per heavy atom. The summed E-state index contributed by atoms with van der Waals surface area (Å²) in [6.45, 7) is 4.63. The van der Waals surface area contributed by atoms with Crippen LogP contribution in [-0.4, -0.2) is 26.9 Å². The van der Waals surface area contributed by atoms with Crippen molar-refractivity contribution in [2.45, 2.75) is 39.2 Å². The molecule has 0 fully saturated rings. The molecule has 202 valence electrons. The zero-order chi connectivity index (χ0) is 28.1. The summed E-state index contributed by atoms with van der Waals surface area (Å²) in [5.41, 5.74) is 4.16. The quantitative estimate of drug-likeness (QED) is 0.177. The van der Waals surface area contributed by atoms with E-state index in [1.807, 2.05) is 103 Å². The smallest absolute Gasteiger partial charge is 0.266 e. The van der Waals surface area contributed by atoms with E-state index >= 15 is 0 Å². The van der Waals surface area contributed by atoms with Gasteiger partial charge in [-0.2, -0.15) is 0 Å². The van der Waals surface area contributed by atoms with Crippen LogP contribution in [0.3, 0.4) is 0 Å². The average Bonchev–Trinajstić information content (AvgIpc) is 3.00. The monoisotopic (exact) mass is 593 g/mol. The maximum atomic E-state index is 14.1. The first kappa shape index (κ1) is 27.5. The van der Waals surface area contributed by atoms with Gasteiger partial charge in [0.05, 0.1) is 22.6 Å². The van der Waals surface area contributed by atoms with Crippen LogP contribution in [0.2, 0.25) is 0 Å². The summed E-state index contributed by atoms with van der Waals surface area (Å²) in [6, 6.07) is 32.6. The lowest BCUT2D eigenvalue weighted by Crippen LogP contribution is -2.39. The highest BCUT2D eigenvalue weighted by molar-refractivity contribution is 9.10. The van der Waals surface area contributed by atoms with Gasteiger partial charge in [-0.3, -0.25) is 14.2 Å². The van der Waals surface area contributed by atoms with Crippen LogP contribution in [0, 0.1) is 0 Å². The third-order valence-electron chi connectivity index (χ3n) is 7.30. The lowest BCUT2D eigenvalue weighted by Gasteiger charge is -2.32. The van der Waals surface area contributed by atoms with Crippen LogP contribution in [0.5, 0.6) is 0 Å². The lowest BCUT2D eigenvalue weighted by atomic mass is 10.1. The fourth-order valence-corrected chi connectivity index (χ4v) is 5.36. The number of fused-ring (bicyclic) bond motifs is 1. The minimum atomic E-state index is -0.428. The molecule has 5 nitrogen and oxygen atoms in total. The lowest BCUT2D eigenvalue weighted by molar-refractivity contribution is 0.0662. The van der Waals surface area contributed by atoms with Gasteiger partial charge in [-0.05, 0) is 78.9 Å². The molecular weight excluding hydrogens is 562 g/mol. The Morgan fingerprint density at radius 1 is 0.850 bits per heavy atom. The van der Waals surface area contributed by atoms with E-state index in [1.54, 1.807) is 4.57 Å². The number of benzene rings is 4. The Kier molecular flexibility index (Phi) is 8.56. The molecular formula is C34H32BrN3O2. The van der Waals surface area contributed by atoms with Crippen LogP contribution >= 0.6 is 15.9 Å². The first-order valence-corrected chi connectivity index (χ1v) is 14.5. The Bertz CT molecular complexity index is 1660. The number of hydrogen-bond donors (Lipinski definition) is 0. The number of carbonyl (C=O) groups excluding carboxylic acids is 1. The number of halogens is 1. The maximum absolute atomic E-state index is 14.1. The van der Waals surface area contributed by atoms with Gasteiger partial charge in [-0.15, -0.1) is 0 Å². The fraction of sp³-hybridized carbons (Fsp3) is 0.206. The molecule has 0 saturated heterocycles. The molecule has 0 bridgehead atoms. The average molecular weight is 595 g/mol. The summed E-state index contributed by atoms with van der Waals surface area (Å²) in [5, 5.41) is 0.552. The predicted molar refractivity (Wildman–Crippen MR) is 165 cm³/mol. The van der Waals surface area contributed by atoms with Crippen LogP contribution < -0.4 is 5.56 Å². The van der Waals surface area contributed by atoms with Crippen molar-refractivity contribution in [1.29, 1.82) is 0 Å². The van der Waals surface area contributed by atoms with Gasteiger partial charge >= 0.3 is 0 Å². The highest BCUT2D eigenvalue weighted by Gasteiger charge is 2.29. The molecule has 1 aromatic heterocycles. The van der Waals surface area contributed by atoms with Crippen LogP contribution in [0.15, 0.2) is 112 Å². The van der Waals surface area contributed by atoms with E-state index in [-0.39, 0.29) is 11.5 Å². The number of amides is 1. The molecule has 6 heteroatoms. The van der Waals surface area contributed by atoms with Crippen LogP contribution in [0.1, 0.15) is 53.6 Å². The Balaban J connectivity index is 1.67. The van der Waals surface area contributed by atoms with E-state index in [9.17, 15) is 9.59 Å². The first-order valence-electron chi connectivity index (χ1n) is 13.7. The van der Waals surface area contributed by atoms with E-state index in [0.29, 0.717) is 41.7 Å². The van der Waals surface area contributed by atoms with Gasteiger partial charge in [0.2, 0.25) is 0 Å². The van der Waals surface area contributed by atoms with E-state index < -0.39 is 6.04 Å². The minimum Gasteiger partial charge on any atom is -0.328 e. The number of carbonyl (C=O) groups is 1. The maximum Gasteiger partial charge on any atom is 0.266 e. The second kappa shape index (κ2) is 12.4. The zero-order valence-corrected chi connectivity index (χ0v) is 24.3. The number of rotatable bonds is 9. The number of hydrogen-bond acceptors (Lipinski definition) is 3. The van der Waals surface area contributed by atoms with Crippen molar-refractivity contribution in [1.82, 2.24) is 14.5 Å². The summed E-state index contributed by atoms with van der Waals surface area (Å²) >= 11 is 3.48. The predicted octanol–water partition coefficient (Wildman–Crippen LogP) is 7.55. The summed E-state index contributed by atoms with van der Waals surface area (Å²) in [4.78, 5) is 35.1. The van der Waals surface area contributed by atoms with Crippen molar-refractivity contribution < 1.29 is 4.79 Å². The summed E-state index contributed by atoms with van der Waals surface area (Å²) < 4.78 is 2.60. The number of aromatic nitrogens is 2. The van der Waals surface area contributed by atoms with Gasteiger partial charge in [-0.1, -0.05) is 84.4 Å². The zero-order valence-electron chi connectivity index (χ0n) is 22.8. The van der Waals surface area contributed by atoms with Crippen molar-refractivity contribution in [2.75, 3.05) is 6.54 Å². The van der Waals surface area contributed by atoms with Crippen LogP contribution in [0.4, 0.5) is 0 Å². The van der Waals surface area contributed by atoms with E-state index in [0.717, 1.165) is 22.1 Å². The standard InChI is InChI=1S/C34H32BrN3O2/c1-3-24-14-20-28(21-15-24)38-32(36-30-13-9-8-12-29(30)34(38)40)31(4-2)37(23-22-25-10-6-5-7-11-25)33(39)26-16-18-27(35)19-17-26/h5-21,31H,3-4,22-23H2,1-2H3. The molecule has 0 aliphatic carbocycles. The highest BCUT2D eigenvalue weighted by atomic mass is 79.9. The molecule has 5 rings (SSSR count). The van der Waals surface area contributed by atoms with Crippen LogP contribution in [-0.2, 0) is 12.8 Å². The molecule has 0 saturated carbocycles. The normalized spacial score (nSPS) is 11.9. The third-order valence-corrected chi connectivity index (χ3v) is 7.83. The second-order valence-corrected chi connectivity index (χ2v) is 10.7. The number of para-hydroxylation sites is 1. The molecule has 0 radical (unpaired) electrons. The van der Waals surface area contributed by atoms with Crippen molar-refractivity contribution in [2.24, 2.45) is 0 Å². The van der Waals surface area contributed by atoms with Gasteiger partial charge < -0.3 is 4.90 Å². The molecule has 5 aromatic rings. The minimum absolute atomic E-state index is 0.0921. The molecule has 40 heavy (non-hydrogen) atoms. The fourth-order valence-electron chi connectivity index (χ4n) is 5.10. The number of nitrogens with zero attached hydrogens (tertiary/aromatic N) is 3. The van der Waals surface area contributed by atoms with Gasteiger partial charge in [0.15, 0.2) is 0 Å². The summed E-state index contributed by atoms with van der Waals surface area (Å²) in [7, 11) is 0. The Morgan fingerprint density at radius 2 is 1.52 bits per heavy atom. The SMILES string of the molecule is CCc1ccc(-n2c(C(CC)N(CCc3ccccc3)C(=O)c3ccc(Br)cc3)nc3ccccc3c2=O)cc1. The van der Waals surface area contributed by atoms with Gasteiger partial charge in [-0.25, -0.2) is 4.98 Å². The third kappa shape index (κ3) is 5.77. The molecule has 1 atom stereocenters. The second-order valence-electron chi connectivity index (χ2n) is 9.81. The summed E-state index contributed by atoms with van der Waals surface area (Å²) in [5.74, 6) is 0.472. The molecule has 1 unspecified atom stereocenters.